The fourth-order valence-corrected chi connectivity index (χ4v) is 7.16. The molecule has 1 saturated heterocycles. The summed E-state index contributed by atoms with van der Waals surface area (Å²) in [5, 5.41) is 6.40. The van der Waals surface area contributed by atoms with Gasteiger partial charge in [-0.05, 0) is 78.8 Å². The first-order valence-electron chi connectivity index (χ1n) is 15.4. The average molecular weight is 705 g/mol. The lowest BCUT2D eigenvalue weighted by Crippen LogP contribution is -2.36. The van der Waals surface area contributed by atoms with Crippen molar-refractivity contribution in [1.29, 1.82) is 0 Å². The van der Waals surface area contributed by atoms with Gasteiger partial charge in [0.2, 0.25) is 0 Å². The number of amides is 1. The van der Waals surface area contributed by atoms with Crippen LogP contribution in [0.4, 0.5) is 22.0 Å². The minimum absolute atomic E-state index is 0.0119. The SMILES string of the molecule is O=C(C1=C(c2ccc(OCc3cc(-c4c(F)ccc(F)c4Cl)no3)cc2)C[C@H]2CNC[C@@H]12)N(Cc1cccc(C(F)(F)F)c1Cl)C1CC1. The second kappa shape index (κ2) is 12.8. The molecule has 0 bridgehead atoms. The third-order valence-corrected chi connectivity index (χ3v) is 9.96. The number of hydrogen-bond donors (Lipinski definition) is 1. The molecule has 1 saturated carbocycles. The molecule has 2 heterocycles. The molecule has 1 N–H and O–H groups in total. The standard InChI is InChI=1S/C35H28Cl2F5N3O3/c36-32-19(2-1-3-26(32)35(40,41)42)16-45(21-6-7-21)34(46)30-24(12-20-14-43-15-25(20)30)18-4-8-22(9-5-18)47-17-23-13-29(44-48-23)31-27(38)10-11-28(39)33(31)37/h1-5,8-11,13,20-21,25,43H,6-7,12,14-17H2/t20-,25+/m0/s1. The second-order valence-corrected chi connectivity index (χ2v) is 13.0. The van der Waals surface area contributed by atoms with Crippen molar-refractivity contribution in [2.24, 2.45) is 11.8 Å². The number of nitrogens with one attached hydrogen (secondary N) is 1. The maximum absolute atomic E-state index is 14.3. The number of nitrogens with zero attached hydrogens (tertiary/aromatic N) is 2. The van der Waals surface area contributed by atoms with Gasteiger partial charge in [-0.15, -0.1) is 0 Å². The Bertz CT molecular complexity index is 1910. The molecule has 3 aliphatic rings. The molecule has 0 spiro atoms. The molecule has 4 aromatic rings. The van der Waals surface area contributed by atoms with Gasteiger partial charge >= 0.3 is 6.18 Å². The Balaban J connectivity index is 1.11. The monoisotopic (exact) mass is 703 g/mol. The van der Waals surface area contributed by atoms with E-state index in [0.717, 1.165) is 48.7 Å². The highest BCUT2D eigenvalue weighted by atomic mass is 35.5. The van der Waals surface area contributed by atoms with Crippen LogP contribution in [0.2, 0.25) is 10.0 Å². The predicted molar refractivity (Wildman–Crippen MR) is 169 cm³/mol. The van der Waals surface area contributed by atoms with Crippen LogP contribution in [0.3, 0.4) is 0 Å². The van der Waals surface area contributed by atoms with Gasteiger partial charge in [-0.1, -0.05) is 52.6 Å². The number of halogens is 7. The summed E-state index contributed by atoms with van der Waals surface area (Å²) in [7, 11) is 0. The number of carbonyl (C=O) groups is 1. The average Bonchev–Trinajstić information content (AvgIpc) is 3.43. The van der Waals surface area contributed by atoms with Crippen molar-refractivity contribution >= 4 is 34.7 Å². The van der Waals surface area contributed by atoms with Gasteiger partial charge in [-0.3, -0.25) is 4.79 Å². The first kappa shape index (κ1) is 32.6. The van der Waals surface area contributed by atoms with Crippen LogP contribution in [-0.4, -0.2) is 35.1 Å². The van der Waals surface area contributed by atoms with Crippen LogP contribution < -0.4 is 10.1 Å². The highest BCUT2D eigenvalue weighted by molar-refractivity contribution is 6.33. The smallest absolute Gasteiger partial charge is 0.417 e. The number of carbonyl (C=O) groups excluding carboxylic acids is 1. The van der Waals surface area contributed by atoms with Crippen LogP contribution in [-0.2, 0) is 24.1 Å². The van der Waals surface area contributed by atoms with Crippen LogP contribution in [0, 0.1) is 23.5 Å². The van der Waals surface area contributed by atoms with E-state index in [9.17, 15) is 26.7 Å². The minimum atomic E-state index is -4.60. The Labute approximate surface area is 282 Å². The Morgan fingerprint density at radius 1 is 1.00 bits per heavy atom. The lowest BCUT2D eigenvalue weighted by molar-refractivity contribution is -0.137. The summed E-state index contributed by atoms with van der Waals surface area (Å²) in [5.41, 5.74) is 1.63. The zero-order chi connectivity index (χ0) is 33.7. The van der Waals surface area contributed by atoms with Crippen molar-refractivity contribution in [3.63, 3.8) is 0 Å². The summed E-state index contributed by atoms with van der Waals surface area (Å²) in [6, 6.07) is 14.3. The lowest BCUT2D eigenvalue weighted by atomic mass is 9.93. The molecule has 0 unspecified atom stereocenters. The summed E-state index contributed by atoms with van der Waals surface area (Å²) in [6.45, 7) is 1.35. The molecule has 0 radical (unpaired) electrons. The topological polar surface area (TPSA) is 67.6 Å². The number of alkyl halides is 3. The molecule has 3 aromatic carbocycles. The minimum Gasteiger partial charge on any atom is -0.486 e. The van der Waals surface area contributed by atoms with Crippen LogP contribution in [0.5, 0.6) is 5.75 Å². The summed E-state index contributed by atoms with van der Waals surface area (Å²) < 4.78 is 80.0. The molecule has 1 aromatic heterocycles. The maximum Gasteiger partial charge on any atom is 0.417 e. The van der Waals surface area contributed by atoms with Crippen molar-refractivity contribution in [2.45, 2.75) is 44.6 Å². The van der Waals surface area contributed by atoms with E-state index in [-0.39, 0.29) is 64.5 Å². The van der Waals surface area contributed by atoms with Crippen molar-refractivity contribution in [1.82, 2.24) is 15.4 Å². The maximum atomic E-state index is 14.3. The molecular weight excluding hydrogens is 676 g/mol. The quantitative estimate of drug-likeness (QED) is 0.140. The fraction of sp³-hybridized carbons (Fsp3) is 0.314. The number of allylic oxidation sites excluding steroid dienone is 1. The summed E-state index contributed by atoms with van der Waals surface area (Å²) in [5.74, 6) is -0.717. The van der Waals surface area contributed by atoms with Crippen molar-refractivity contribution < 1.29 is 36.0 Å². The number of rotatable bonds is 9. The molecule has 2 aliphatic carbocycles. The largest absolute Gasteiger partial charge is 0.486 e. The first-order valence-corrected chi connectivity index (χ1v) is 16.2. The van der Waals surface area contributed by atoms with Crippen molar-refractivity contribution in [3.8, 4) is 17.0 Å². The summed E-state index contributed by atoms with van der Waals surface area (Å²) in [6.07, 6.45) is -2.36. The highest BCUT2D eigenvalue weighted by Gasteiger charge is 2.45. The molecule has 250 valence electrons. The van der Waals surface area contributed by atoms with Gasteiger partial charge in [0.15, 0.2) is 5.76 Å². The molecule has 6 nitrogen and oxygen atoms in total. The molecule has 1 amide bonds. The van der Waals surface area contributed by atoms with Gasteiger partial charge in [0.05, 0.1) is 21.2 Å². The zero-order valence-corrected chi connectivity index (χ0v) is 26.7. The van der Waals surface area contributed by atoms with Crippen LogP contribution in [0.15, 0.2) is 70.8 Å². The number of hydrogen-bond acceptors (Lipinski definition) is 5. The molecule has 13 heteroatoms. The Hall–Kier alpha value is -3.93. The molecule has 48 heavy (non-hydrogen) atoms. The number of benzene rings is 3. The van der Waals surface area contributed by atoms with E-state index in [1.165, 1.54) is 18.2 Å². The third kappa shape index (κ3) is 6.31. The lowest BCUT2D eigenvalue weighted by Gasteiger charge is -2.27. The normalized spacial score (nSPS) is 19.1. The van der Waals surface area contributed by atoms with Crippen LogP contribution >= 0.6 is 23.2 Å². The van der Waals surface area contributed by atoms with E-state index in [1.54, 1.807) is 17.0 Å². The van der Waals surface area contributed by atoms with E-state index in [0.29, 0.717) is 24.3 Å². The third-order valence-electron chi connectivity index (χ3n) is 9.15. The van der Waals surface area contributed by atoms with Gasteiger partial charge in [0.1, 0.15) is 29.7 Å². The van der Waals surface area contributed by atoms with E-state index in [2.05, 4.69) is 10.5 Å². The molecule has 7 rings (SSSR count). The fourth-order valence-electron chi connectivity index (χ4n) is 6.62. The van der Waals surface area contributed by atoms with Crippen molar-refractivity contribution in [2.75, 3.05) is 13.1 Å². The summed E-state index contributed by atoms with van der Waals surface area (Å²) >= 11 is 12.2. The van der Waals surface area contributed by atoms with Crippen LogP contribution in [0.1, 0.15) is 41.7 Å². The van der Waals surface area contributed by atoms with Crippen LogP contribution in [0.25, 0.3) is 16.8 Å². The van der Waals surface area contributed by atoms with Gasteiger partial charge in [0.25, 0.3) is 5.91 Å². The van der Waals surface area contributed by atoms with Gasteiger partial charge in [0, 0.05) is 36.7 Å². The molecule has 1 aliphatic heterocycles. The first-order chi connectivity index (χ1) is 23.0. The molecular formula is C35H28Cl2F5N3O3. The summed E-state index contributed by atoms with van der Waals surface area (Å²) in [4.78, 5) is 16.0. The van der Waals surface area contributed by atoms with Gasteiger partial charge < -0.3 is 19.5 Å². The Kier molecular flexibility index (Phi) is 8.72. The second-order valence-electron chi connectivity index (χ2n) is 12.3. The van der Waals surface area contributed by atoms with E-state index in [1.807, 2.05) is 12.1 Å². The molecule has 2 atom stereocenters. The number of ether oxygens (including phenoxy) is 1. The van der Waals surface area contributed by atoms with E-state index < -0.39 is 28.4 Å². The van der Waals surface area contributed by atoms with Gasteiger partial charge in [-0.25, -0.2) is 8.78 Å². The number of aromatic nitrogens is 1. The number of fused-ring (bicyclic) bond motifs is 1. The van der Waals surface area contributed by atoms with Gasteiger partial charge in [-0.2, -0.15) is 13.2 Å². The van der Waals surface area contributed by atoms with E-state index in [4.69, 9.17) is 32.5 Å². The van der Waals surface area contributed by atoms with Crippen molar-refractivity contribution in [3.05, 3.63) is 110 Å². The Morgan fingerprint density at radius 3 is 2.48 bits per heavy atom. The zero-order valence-electron chi connectivity index (χ0n) is 25.2. The predicted octanol–water partition coefficient (Wildman–Crippen LogP) is 8.71. The van der Waals surface area contributed by atoms with E-state index >= 15 is 0 Å². The molecule has 2 fully saturated rings. The highest BCUT2D eigenvalue weighted by Crippen LogP contribution is 2.47. The Morgan fingerprint density at radius 2 is 1.75 bits per heavy atom.